The average Bonchev–Trinajstić information content (AvgIpc) is 3.15. The Bertz CT molecular complexity index is 2150. The normalized spacial score (nSPS) is 9.16. The number of rotatable bonds is 0. The van der Waals surface area contributed by atoms with E-state index in [0.29, 0.717) is 0 Å². The molecule has 0 amide bonds. The molecule has 6 aromatic heterocycles. The third-order valence-electron chi connectivity index (χ3n) is 7.03. The first-order valence-electron chi connectivity index (χ1n) is 14.7. The van der Waals surface area contributed by atoms with Gasteiger partial charge in [0.05, 0.1) is 43.3 Å². The van der Waals surface area contributed by atoms with Crippen LogP contribution < -0.4 is 0 Å². The Hall–Kier alpha value is -4.79. The maximum Gasteiger partial charge on any atom is 2.00 e. The number of pyridine rings is 6. The Balaban J connectivity index is 0.000000696. The molecule has 0 aliphatic carbocycles. The minimum atomic E-state index is -1.75. The van der Waals surface area contributed by atoms with E-state index in [4.69, 9.17) is 30.6 Å². The molecule has 0 saturated heterocycles. The number of aromatic nitrogens is 6. The second-order valence-corrected chi connectivity index (χ2v) is 10.1. The van der Waals surface area contributed by atoms with Gasteiger partial charge in [0.25, 0.3) is 0 Å². The summed E-state index contributed by atoms with van der Waals surface area (Å²) in [5, 5.41) is 36.3. The monoisotopic (exact) mass is 1050 g/mol. The summed E-state index contributed by atoms with van der Waals surface area (Å²) in [6, 6.07) is 36.4. The van der Waals surface area contributed by atoms with Crippen molar-refractivity contribution >= 4 is 92.4 Å². The van der Waals surface area contributed by atoms with E-state index in [-0.39, 0.29) is 88.3 Å². The molecule has 9 rings (SSSR count). The van der Waals surface area contributed by atoms with Gasteiger partial charge in [-0.1, -0.05) is 99.8 Å². The molecule has 55 heavy (non-hydrogen) atoms. The molecule has 286 valence electrons. The molecule has 0 bridgehead atoms. The minimum Gasteiger partial charge on any atom is -0.356 e. The first-order valence-corrected chi connectivity index (χ1v) is 14.7. The molecule has 0 aliphatic rings. The maximum absolute atomic E-state index is 8.25. The second kappa shape index (κ2) is 25.3. The number of nitrogens with zero attached hydrogens (tertiary/aromatic N) is 8. The van der Waals surface area contributed by atoms with Gasteiger partial charge >= 0.3 is 61.3 Å². The van der Waals surface area contributed by atoms with Gasteiger partial charge < -0.3 is 30.6 Å². The minimum absolute atomic E-state index is 0. The molecule has 9 aromatic rings. The van der Waals surface area contributed by atoms with E-state index >= 15 is 0 Å². The SMILES string of the molecule is O=[N+]([O-])[O-].O=[N+]([O-])[O-].[Pd+2].[Pd+2].[Pd+2].[SH3+].[SH3+].c1cnc2c(c1)ccc1cccnc12.c1cnc2c(c1)ccc1cccnc12.c1cnc2c(c1)ccc1cccnc12. The Kier molecular flexibility index (Phi) is 23.1. The van der Waals surface area contributed by atoms with E-state index in [1.165, 1.54) is 0 Å². The van der Waals surface area contributed by atoms with E-state index < -0.39 is 10.2 Å². The zero-order valence-electron chi connectivity index (χ0n) is 28.0. The van der Waals surface area contributed by atoms with Gasteiger partial charge in [-0.3, -0.25) is 29.9 Å². The molecule has 0 spiro atoms. The number of benzene rings is 3. The topological polar surface area (TPSA) is 210 Å². The molecule has 19 heteroatoms. The van der Waals surface area contributed by atoms with Crippen molar-refractivity contribution in [2.24, 2.45) is 0 Å². The smallest absolute Gasteiger partial charge is 0.356 e. The molecule has 0 radical (unpaired) electrons. The van der Waals surface area contributed by atoms with Crippen LogP contribution in [0.5, 0.6) is 0 Å². The number of hydrogen-bond donors (Lipinski definition) is 0. The van der Waals surface area contributed by atoms with Crippen molar-refractivity contribution in [1.82, 2.24) is 29.9 Å². The summed E-state index contributed by atoms with van der Waals surface area (Å²) >= 11 is 0. The Morgan fingerprint density at radius 3 is 0.564 bits per heavy atom. The van der Waals surface area contributed by atoms with E-state index in [0.717, 1.165) is 65.4 Å². The zero-order chi connectivity index (χ0) is 35.3. The van der Waals surface area contributed by atoms with Crippen LogP contribution in [0, 0.1) is 30.6 Å². The van der Waals surface area contributed by atoms with E-state index in [9.17, 15) is 0 Å². The Labute approximate surface area is 368 Å². The van der Waals surface area contributed by atoms with E-state index in [1.807, 2.05) is 36.4 Å². The van der Waals surface area contributed by atoms with Crippen molar-refractivity contribution < 1.29 is 71.4 Å². The summed E-state index contributed by atoms with van der Waals surface area (Å²) < 4.78 is 0. The van der Waals surface area contributed by atoms with Gasteiger partial charge in [-0.25, -0.2) is 0 Å². The third kappa shape index (κ3) is 14.1. The van der Waals surface area contributed by atoms with Crippen molar-refractivity contribution in [3.8, 4) is 0 Å². The van der Waals surface area contributed by atoms with Gasteiger partial charge in [0.15, 0.2) is 0 Å². The van der Waals surface area contributed by atoms with Crippen LogP contribution in [0.4, 0.5) is 0 Å². The van der Waals surface area contributed by atoms with Crippen LogP contribution in [-0.2, 0) is 88.3 Å². The van der Waals surface area contributed by atoms with Crippen LogP contribution >= 0.6 is 0 Å². The zero-order valence-corrected chi connectivity index (χ0v) is 35.0. The van der Waals surface area contributed by atoms with Crippen LogP contribution in [0.2, 0.25) is 0 Å². The van der Waals surface area contributed by atoms with Crippen LogP contribution in [0.15, 0.2) is 146 Å². The van der Waals surface area contributed by atoms with E-state index in [1.54, 1.807) is 37.2 Å². The van der Waals surface area contributed by atoms with Crippen LogP contribution in [0.25, 0.3) is 65.4 Å². The molecule has 0 N–H and O–H groups in total. The van der Waals surface area contributed by atoms with Crippen molar-refractivity contribution in [3.63, 3.8) is 0 Å². The third-order valence-corrected chi connectivity index (χ3v) is 7.03. The molecule has 0 unspecified atom stereocenters. The molecule has 0 saturated carbocycles. The summed E-state index contributed by atoms with van der Waals surface area (Å²) in [4.78, 5) is 42.6. The van der Waals surface area contributed by atoms with Crippen molar-refractivity contribution in [1.29, 1.82) is 0 Å². The molecule has 0 aliphatic heterocycles. The molecular formula is C36H30N8O6Pd3S2+6. The predicted molar refractivity (Wildman–Crippen MR) is 215 cm³/mol. The second-order valence-electron chi connectivity index (χ2n) is 10.1. The molecule has 3 aromatic carbocycles. The van der Waals surface area contributed by atoms with Crippen LogP contribution in [-0.4, -0.2) is 40.1 Å². The fraction of sp³-hybridized carbons (Fsp3) is 0. The molecule has 14 nitrogen and oxygen atoms in total. The van der Waals surface area contributed by atoms with Gasteiger partial charge in [0, 0.05) is 69.5 Å². The quantitative estimate of drug-likeness (QED) is 0.0543. The Morgan fingerprint density at radius 2 is 0.436 bits per heavy atom. The maximum atomic E-state index is 8.25. The summed E-state index contributed by atoms with van der Waals surface area (Å²) in [6.45, 7) is 0. The number of hydrogen-bond acceptors (Lipinski definition) is 12. The molecular weight excluding hydrogens is 1020 g/mol. The Morgan fingerprint density at radius 1 is 0.309 bits per heavy atom. The summed E-state index contributed by atoms with van der Waals surface area (Å²) in [5.74, 6) is 0. The van der Waals surface area contributed by atoms with Gasteiger partial charge in [-0.05, 0) is 36.4 Å². The molecule has 6 heterocycles. The standard InChI is InChI=1S/3C12H8N2.2NO3.3Pd.2H2S/c3*1-3-9-5-6-10-4-2-8-14-12(10)11(9)13-7-1;2*2-1(3)4;;;;;/h3*1-8H;;;;;;2*1H2/q;;;2*-1;3*+2;;/p+2. The van der Waals surface area contributed by atoms with E-state index in [2.05, 4.69) is 103 Å². The molecule has 0 atom stereocenters. The van der Waals surface area contributed by atoms with Gasteiger partial charge in [-0.2, -0.15) is 0 Å². The summed E-state index contributed by atoms with van der Waals surface area (Å²) in [7, 11) is 0. The van der Waals surface area contributed by atoms with Crippen molar-refractivity contribution in [2.75, 3.05) is 0 Å². The molecule has 0 fully saturated rings. The fourth-order valence-electron chi connectivity index (χ4n) is 5.04. The largest absolute Gasteiger partial charge is 2.00 e. The summed E-state index contributed by atoms with van der Waals surface area (Å²) in [5.41, 5.74) is 5.86. The van der Waals surface area contributed by atoms with Crippen LogP contribution in [0.1, 0.15) is 0 Å². The number of fused-ring (bicyclic) bond motifs is 9. The first-order chi connectivity index (χ1) is 24.3. The first kappa shape index (κ1) is 50.2. The summed E-state index contributed by atoms with van der Waals surface area (Å²) in [6.07, 6.45) is 10.8. The predicted octanol–water partition coefficient (Wildman–Crippen LogP) is 6.25. The average molecular weight is 1050 g/mol. The fourth-order valence-corrected chi connectivity index (χ4v) is 5.04. The van der Waals surface area contributed by atoms with Crippen molar-refractivity contribution in [2.45, 2.75) is 0 Å². The van der Waals surface area contributed by atoms with Crippen LogP contribution in [0.3, 0.4) is 0 Å². The van der Waals surface area contributed by atoms with Gasteiger partial charge in [-0.15, -0.1) is 0 Å². The van der Waals surface area contributed by atoms with Gasteiger partial charge in [0.2, 0.25) is 0 Å². The van der Waals surface area contributed by atoms with Gasteiger partial charge in [0.1, 0.15) is 0 Å². The van der Waals surface area contributed by atoms with Crippen molar-refractivity contribution in [3.05, 3.63) is 177 Å².